The largest absolute Gasteiger partial charge is 0.394 e. The molecule has 0 aromatic rings. The zero-order valence-corrected chi connectivity index (χ0v) is 17.7. The zero-order valence-electron chi connectivity index (χ0n) is 17.7. The molecule has 3 aliphatic heterocycles. The summed E-state index contributed by atoms with van der Waals surface area (Å²) < 4.78 is 26.4. The smallest absolute Gasteiger partial charge is 0.187 e. The van der Waals surface area contributed by atoms with Gasteiger partial charge in [-0.1, -0.05) is 0 Å². The van der Waals surface area contributed by atoms with E-state index in [1.807, 2.05) is 0 Å². The fourth-order valence-corrected chi connectivity index (χ4v) is 4.06. The summed E-state index contributed by atoms with van der Waals surface area (Å²) in [7, 11) is 0. The third-order valence-electron chi connectivity index (χ3n) is 6.09. The van der Waals surface area contributed by atoms with E-state index in [4.69, 9.17) is 23.7 Å². The normalized spacial score (nSPS) is 52.5. The van der Waals surface area contributed by atoms with Gasteiger partial charge < -0.3 is 79.9 Å². The molecule has 11 N–H and O–H groups in total. The van der Waals surface area contributed by atoms with E-state index in [9.17, 15) is 56.2 Å². The Hall–Kier alpha value is -0.640. The molecule has 16 heteroatoms. The van der Waals surface area contributed by atoms with E-state index in [2.05, 4.69) is 0 Å². The summed E-state index contributed by atoms with van der Waals surface area (Å²) in [5.74, 6) is 0. The second-order valence-corrected chi connectivity index (χ2v) is 8.33. The molecule has 0 aromatic carbocycles. The lowest BCUT2D eigenvalue weighted by molar-refractivity contribution is -0.377. The molecule has 200 valence electrons. The Balaban J connectivity index is 1.72. The number of aliphatic hydroxyl groups excluding tert-OH is 11. The first-order chi connectivity index (χ1) is 16.0. The van der Waals surface area contributed by atoms with Crippen LogP contribution in [0.15, 0.2) is 0 Å². The third kappa shape index (κ3) is 5.37. The molecule has 0 radical (unpaired) electrons. The summed E-state index contributed by atoms with van der Waals surface area (Å²) in [5, 5.41) is 109. The van der Waals surface area contributed by atoms with Crippen molar-refractivity contribution in [1.82, 2.24) is 0 Å². The van der Waals surface area contributed by atoms with Crippen LogP contribution in [0.25, 0.3) is 0 Å². The van der Waals surface area contributed by atoms with Gasteiger partial charge in [-0.2, -0.15) is 0 Å². The lowest BCUT2D eigenvalue weighted by atomic mass is 9.96. The fourth-order valence-electron chi connectivity index (χ4n) is 4.06. The van der Waals surface area contributed by atoms with Gasteiger partial charge in [-0.3, -0.25) is 0 Å². The molecular weight excluding hydrogens is 472 g/mol. The van der Waals surface area contributed by atoms with Crippen molar-refractivity contribution in [3.63, 3.8) is 0 Å². The van der Waals surface area contributed by atoms with E-state index < -0.39 is 112 Å². The molecule has 1 unspecified atom stereocenters. The molecule has 3 rings (SSSR count). The highest BCUT2D eigenvalue weighted by molar-refractivity contribution is 4.96. The van der Waals surface area contributed by atoms with Crippen LogP contribution in [0.3, 0.4) is 0 Å². The van der Waals surface area contributed by atoms with Crippen LogP contribution in [0.1, 0.15) is 0 Å². The van der Waals surface area contributed by atoms with Gasteiger partial charge in [0.1, 0.15) is 73.2 Å². The lowest BCUT2D eigenvalue weighted by Gasteiger charge is -2.47. The van der Waals surface area contributed by atoms with E-state index in [0.717, 1.165) is 0 Å². The number of rotatable bonds is 7. The van der Waals surface area contributed by atoms with Gasteiger partial charge in [0.05, 0.1) is 19.8 Å². The fraction of sp³-hybridized carbons (Fsp3) is 1.00. The SMILES string of the molecule is OC[C@H]1O[C@@H](O[C@@H]2[C@H](O)[C@@H](O)[C@H](O[C@@H]3[C@H](O)[C@@H](O)C(O)O[C@@H]3CO)O[C@@H]2CO)[C@H](O)[C@@H](O)[C@H]1O. The predicted molar refractivity (Wildman–Crippen MR) is 101 cm³/mol. The van der Waals surface area contributed by atoms with Gasteiger partial charge in [0.15, 0.2) is 18.9 Å². The molecular formula is C18H32O16. The highest BCUT2D eigenvalue weighted by atomic mass is 16.8. The number of hydrogen-bond donors (Lipinski definition) is 11. The summed E-state index contributed by atoms with van der Waals surface area (Å²) >= 11 is 0. The molecule has 0 saturated carbocycles. The number of hydrogen-bond acceptors (Lipinski definition) is 16. The van der Waals surface area contributed by atoms with E-state index in [1.54, 1.807) is 0 Å². The van der Waals surface area contributed by atoms with Crippen LogP contribution in [0.4, 0.5) is 0 Å². The first-order valence-electron chi connectivity index (χ1n) is 10.6. The molecule has 0 amide bonds. The topological polar surface area (TPSA) is 269 Å². The van der Waals surface area contributed by atoms with E-state index in [-0.39, 0.29) is 0 Å². The van der Waals surface area contributed by atoms with Gasteiger partial charge in [0, 0.05) is 0 Å². The molecule has 0 aromatic heterocycles. The van der Waals surface area contributed by atoms with Gasteiger partial charge in [-0.15, -0.1) is 0 Å². The van der Waals surface area contributed by atoms with Gasteiger partial charge in [0.2, 0.25) is 0 Å². The van der Waals surface area contributed by atoms with Crippen LogP contribution in [0, 0.1) is 0 Å². The Morgan fingerprint density at radius 2 is 0.853 bits per heavy atom. The van der Waals surface area contributed by atoms with Gasteiger partial charge >= 0.3 is 0 Å². The maximum atomic E-state index is 10.6. The minimum atomic E-state index is -1.91. The first kappa shape index (κ1) is 27.9. The van der Waals surface area contributed by atoms with Crippen LogP contribution in [-0.4, -0.2) is 168 Å². The van der Waals surface area contributed by atoms with E-state index >= 15 is 0 Å². The van der Waals surface area contributed by atoms with E-state index in [0.29, 0.717) is 0 Å². The molecule has 15 atom stereocenters. The van der Waals surface area contributed by atoms with Gasteiger partial charge in [-0.05, 0) is 0 Å². The summed E-state index contributed by atoms with van der Waals surface area (Å²) in [6.07, 6.45) is -25.1. The van der Waals surface area contributed by atoms with Crippen LogP contribution in [0.5, 0.6) is 0 Å². The Morgan fingerprint density at radius 3 is 1.35 bits per heavy atom. The lowest BCUT2D eigenvalue weighted by Crippen LogP contribution is -2.66. The van der Waals surface area contributed by atoms with Crippen LogP contribution < -0.4 is 0 Å². The maximum Gasteiger partial charge on any atom is 0.187 e. The summed E-state index contributed by atoms with van der Waals surface area (Å²) in [6, 6.07) is 0. The monoisotopic (exact) mass is 504 g/mol. The Morgan fingerprint density at radius 1 is 0.441 bits per heavy atom. The van der Waals surface area contributed by atoms with Gasteiger partial charge in [-0.25, -0.2) is 0 Å². The van der Waals surface area contributed by atoms with Crippen molar-refractivity contribution in [3.8, 4) is 0 Å². The van der Waals surface area contributed by atoms with Crippen molar-refractivity contribution in [1.29, 1.82) is 0 Å². The molecule has 3 heterocycles. The molecule has 34 heavy (non-hydrogen) atoms. The first-order valence-corrected chi connectivity index (χ1v) is 10.6. The zero-order chi connectivity index (χ0) is 25.3. The predicted octanol–water partition coefficient (Wildman–Crippen LogP) is -7.57. The highest BCUT2D eigenvalue weighted by Gasteiger charge is 2.53. The molecule has 3 fully saturated rings. The Bertz CT molecular complexity index is 635. The average molecular weight is 504 g/mol. The Labute approximate surface area is 192 Å². The minimum absolute atomic E-state index is 0.741. The maximum absolute atomic E-state index is 10.6. The molecule has 3 saturated heterocycles. The molecule has 0 aliphatic carbocycles. The Kier molecular flexibility index (Phi) is 9.54. The summed E-state index contributed by atoms with van der Waals surface area (Å²) in [5.41, 5.74) is 0. The van der Waals surface area contributed by atoms with Crippen molar-refractivity contribution in [2.24, 2.45) is 0 Å². The highest BCUT2D eigenvalue weighted by Crippen LogP contribution is 2.32. The number of ether oxygens (including phenoxy) is 5. The standard InChI is InChI=1S/C18H32O16/c19-1-4-7(22)8(23)12(27)17(31-4)34-15-6(3-21)32-18(13(28)10(15)25)33-14-5(2-20)30-16(29)11(26)9(14)24/h4-29H,1-3H2/t4-,5-,6-,7+,8+,9-,10-,11-,12-,13-,14+,15+,16?,17+,18+/m1/s1. The second kappa shape index (κ2) is 11.6. The molecule has 3 aliphatic rings. The van der Waals surface area contributed by atoms with Crippen molar-refractivity contribution >= 4 is 0 Å². The average Bonchev–Trinajstić information content (AvgIpc) is 2.83. The molecule has 0 spiro atoms. The van der Waals surface area contributed by atoms with Gasteiger partial charge in [0.25, 0.3) is 0 Å². The number of aliphatic hydroxyl groups is 11. The van der Waals surface area contributed by atoms with Crippen molar-refractivity contribution < 1.29 is 79.9 Å². The third-order valence-corrected chi connectivity index (χ3v) is 6.09. The van der Waals surface area contributed by atoms with Crippen LogP contribution >= 0.6 is 0 Å². The van der Waals surface area contributed by atoms with Crippen molar-refractivity contribution in [3.05, 3.63) is 0 Å². The summed E-state index contributed by atoms with van der Waals surface area (Å²) in [6.45, 7) is -2.32. The minimum Gasteiger partial charge on any atom is -0.394 e. The second-order valence-electron chi connectivity index (χ2n) is 8.33. The van der Waals surface area contributed by atoms with Crippen LogP contribution in [-0.2, 0) is 23.7 Å². The quantitative estimate of drug-likeness (QED) is 0.154. The molecule has 0 bridgehead atoms. The molecule has 16 nitrogen and oxygen atoms in total. The van der Waals surface area contributed by atoms with Crippen molar-refractivity contribution in [2.75, 3.05) is 19.8 Å². The van der Waals surface area contributed by atoms with Crippen molar-refractivity contribution in [2.45, 2.75) is 92.1 Å². The van der Waals surface area contributed by atoms with Crippen LogP contribution in [0.2, 0.25) is 0 Å². The summed E-state index contributed by atoms with van der Waals surface area (Å²) in [4.78, 5) is 0. The van der Waals surface area contributed by atoms with E-state index in [1.165, 1.54) is 0 Å².